The van der Waals surface area contributed by atoms with Gasteiger partial charge in [0.2, 0.25) is 10.0 Å². The predicted octanol–water partition coefficient (Wildman–Crippen LogP) is 3.62. The van der Waals surface area contributed by atoms with Gasteiger partial charge in [-0.2, -0.15) is 4.31 Å². The number of benzene rings is 2. The van der Waals surface area contributed by atoms with Crippen molar-refractivity contribution in [3.63, 3.8) is 0 Å². The van der Waals surface area contributed by atoms with Crippen LogP contribution in [0.3, 0.4) is 0 Å². The summed E-state index contributed by atoms with van der Waals surface area (Å²) in [6.45, 7) is 4.98. The summed E-state index contributed by atoms with van der Waals surface area (Å²) in [5.74, 6) is 1.45. The van der Waals surface area contributed by atoms with Gasteiger partial charge in [0.15, 0.2) is 0 Å². The van der Waals surface area contributed by atoms with E-state index in [4.69, 9.17) is 9.47 Å². The molecule has 2 aromatic rings. The number of carbonyl (C=O) groups is 1. The Morgan fingerprint density at radius 3 is 2.45 bits per heavy atom. The summed E-state index contributed by atoms with van der Waals surface area (Å²) in [5, 5.41) is 2.92. The number of piperidine rings is 1. The SMILES string of the molecule is COc1ccc(OC)c(C(C)NC(=O)c2cccc(S(=O)(=O)N3CCC(C)CC3)c2)c1. The molecule has 0 saturated carbocycles. The first kappa shape index (κ1) is 23.1. The highest BCUT2D eigenvalue weighted by molar-refractivity contribution is 7.89. The molecule has 7 nitrogen and oxygen atoms in total. The standard InChI is InChI=1S/C23H30N2O5S/c1-16-10-12-25(13-11-16)31(27,28)20-7-5-6-18(14-20)23(26)24-17(2)21-15-19(29-3)8-9-22(21)30-4/h5-9,14-17H,10-13H2,1-4H3,(H,24,26). The van der Waals surface area contributed by atoms with Crippen molar-refractivity contribution in [1.82, 2.24) is 9.62 Å². The van der Waals surface area contributed by atoms with Crippen LogP contribution in [0.15, 0.2) is 47.4 Å². The molecule has 0 aliphatic carbocycles. The lowest BCUT2D eigenvalue weighted by Gasteiger charge is -2.29. The zero-order valence-electron chi connectivity index (χ0n) is 18.4. The van der Waals surface area contributed by atoms with Crippen LogP contribution in [-0.4, -0.2) is 45.9 Å². The highest BCUT2D eigenvalue weighted by Gasteiger charge is 2.28. The fourth-order valence-electron chi connectivity index (χ4n) is 3.71. The Morgan fingerprint density at radius 1 is 1.10 bits per heavy atom. The topological polar surface area (TPSA) is 84.9 Å². The zero-order chi connectivity index (χ0) is 22.6. The van der Waals surface area contributed by atoms with Gasteiger partial charge < -0.3 is 14.8 Å². The maximum absolute atomic E-state index is 13.0. The molecule has 0 radical (unpaired) electrons. The van der Waals surface area contributed by atoms with Crippen molar-refractivity contribution >= 4 is 15.9 Å². The van der Waals surface area contributed by atoms with Gasteiger partial charge in [-0.15, -0.1) is 0 Å². The molecule has 2 aromatic carbocycles. The van der Waals surface area contributed by atoms with Crippen LogP contribution in [0.5, 0.6) is 11.5 Å². The summed E-state index contributed by atoms with van der Waals surface area (Å²) >= 11 is 0. The molecule has 1 atom stereocenters. The van der Waals surface area contributed by atoms with E-state index in [0.29, 0.717) is 36.1 Å². The lowest BCUT2D eigenvalue weighted by Crippen LogP contribution is -2.38. The third-order valence-electron chi connectivity index (χ3n) is 5.73. The van der Waals surface area contributed by atoms with Crippen molar-refractivity contribution < 1.29 is 22.7 Å². The molecule has 1 saturated heterocycles. The minimum Gasteiger partial charge on any atom is -0.497 e. The number of nitrogens with zero attached hydrogens (tertiary/aromatic N) is 1. The van der Waals surface area contributed by atoms with E-state index < -0.39 is 10.0 Å². The number of carbonyl (C=O) groups excluding carboxylic acids is 1. The van der Waals surface area contributed by atoms with Crippen molar-refractivity contribution in [2.45, 2.75) is 37.6 Å². The number of methoxy groups -OCH3 is 2. The lowest BCUT2D eigenvalue weighted by atomic mass is 10.0. The first-order valence-electron chi connectivity index (χ1n) is 10.4. The smallest absolute Gasteiger partial charge is 0.251 e. The predicted molar refractivity (Wildman–Crippen MR) is 119 cm³/mol. The monoisotopic (exact) mass is 446 g/mol. The van der Waals surface area contributed by atoms with Crippen LogP contribution in [0.4, 0.5) is 0 Å². The molecule has 0 aromatic heterocycles. The van der Waals surface area contributed by atoms with Crippen LogP contribution in [-0.2, 0) is 10.0 Å². The zero-order valence-corrected chi connectivity index (χ0v) is 19.2. The number of amides is 1. The van der Waals surface area contributed by atoms with Gasteiger partial charge in [-0.05, 0) is 62.1 Å². The van der Waals surface area contributed by atoms with E-state index in [1.807, 2.05) is 13.0 Å². The third-order valence-corrected chi connectivity index (χ3v) is 7.62. The minimum atomic E-state index is -3.62. The van der Waals surface area contributed by atoms with Gasteiger partial charge in [0.25, 0.3) is 5.91 Å². The fraction of sp³-hybridized carbons (Fsp3) is 0.435. The molecular formula is C23H30N2O5S. The number of sulfonamides is 1. The lowest BCUT2D eigenvalue weighted by molar-refractivity contribution is 0.0939. The van der Waals surface area contributed by atoms with Gasteiger partial charge in [-0.3, -0.25) is 4.79 Å². The van der Waals surface area contributed by atoms with Crippen LogP contribution in [0.2, 0.25) is 0 Å². The number of rotatable bonds is 7. The summed E-state index contributed by atoms with van der Waals surface area (Å²) in [6, 6.07) is 11.2. The van der Waals surface area contributed by atoms with E-state index in [9.17, 15) is 13.2 Å². The van der Waals surface area contributed by atoms with E-state index in [0.717, 1.165) is 18.4 Å². The van der Waals surface area contributed by atoms with Crippen LogP contribution in [0.25, 0.3) is 0 Å². The largest absolute Gasteiger partial charge is 0.497 e. The maximum Gasteiger partial charge on any atom is 0.251 e. The van der Waals surface area contributed by atoms with Crippen LogP contribution >= 0.6 is 0 Å². The van der Waals surface area contributed by atoms with Crippen molar-refractivity contribution in [1.29, 1.82) is 0 Å². The number of hydrogen-bond donors (Lipinski definition) is 1. The Labute approximate surface area is 184 Å². The molecule has 0 bridgehead atoms. The molecule has 8 heteroatoms. The van der Waals surface area contributed by atoms with E-state index in [1.54, 1.807) is 44.6 Å². The van der Waals surface area contributed by atoms with Gasteiger partial charge in [-0.25, -0.2) is 8.42 Å². The molecule has 31 heavy (non-hydrogen) atoms. The van der Waals surface area contributed by atoms with Gasteiger partial charge in [0.05, 0.1) is 25.2 Å². The van der Waals surface area contributed by atoms with Gasteiger partial charge in [0.1, 0.15) is 11.5 Å². The van der Waals surface area contributed by atoms with Gasteiger partial charge in [-0.1, -0.05) is 13.0 Å². The average Bonchev–Trinajstić information content (AvgIpc) is 2.78. The van der Waals surface area contributed by atoms with Crippen molar-refractivity contribution in [2.24, 2.45) is 5.92 Å². The first-order valence-corrected chi connectivity index (χ1v) is 11.8. The Kier molecular flexibility index (Phi) is 7.23. The molecule has 1 heterocycles. The van der Waals surface area contributed by atoms with Crippen molar-refractivity contribution in [3.05, 3.63) is 53.6 Å². The second-order valence-corrected chi connectivity index (χ2v) is 9.86. The van der Waals surface area contributed by atoms with Crippen LogP contribution in [0, 0.1) is 5.92 Å². The normalized spacial score (nSPS) is 16.5. The Bertz CT molecular complexity index is 1030. The molecular weight excluding hydrogens is 416 g/mol. The molecule has 1 aliphatic rings. The highest BCUT2D eigenvalue weighted by atomic mass is 32.2. The number of hydrogen-bond acceptors (Lipinski definition) is 5. The summed E-state index contributed by atoms with van der Waals surface area (Å²) < 4.78 is 38.2. The summed E-state index contributed by atoms with van der Waals surface area (Å²) in [4.78, 5) is 13.0. The highest BCUT2D eigenvalue weighted by Crippen LogP contribution is 2.29. The molecule has 1 aliphatic heterocycles. The average molecular weight is 447 g/mol. The molecule has 168 valence electrons. The van der Waals surface area contributed by atoms with E-state index in [1.165, 1.54) is 10.4 Å². The first-order chi connectivity index (χ1) is 14.8. The second kappa shape index (κ2) is 9.70. The molecule has 1 N–H and O–H groups in total. The van der Waals surface area contributed by atoms with Crippen LogP contribution < -0.4 is 14.8 Å². The maximum atomic E-state index is 13.0. The third kappa shape index (κ3) is 5.19. The molecule has 3 rings (SSSR count). The number of ether oxygens (including phenoxy) is 2. The van der Waals surface area contributed by atoms with Crippen molar-refractivity contribution in [3.8, 4) is 11.5 Å². The van der Waals surface area contributed by atoms with Gasteiger partial charge in [0, 0.05) is 24.2 Å². The summed E-state index contributed by atoms with van der Waals surface area (Å²) in [7, 11) is -0.487. The second-order valence-electron chi connectivity index (χ2n) is 7.92. The Hall–Kier alpha value is -2.58. The molecule has 1 fully saturated rings. The fourth-order valence-corrected chi connectivity index (χ4v) is 5.22. The van der Waals surface area contributed by atoms with E-state index >= 15 is 0 Å². The molecule has 1 amide bonds. The summed E-state index contributed by atoms with van der Waals surface area (Å²) in [6.07, 6.45) is 1.69. The molecule has 0 spiro atoms. The van der Waals surface area contributed by atoms with Crippen LogP contribution in [0.1, 0.15) is 48.7 Å². The van der Waals surface area contributed by atoms with E-state index in [2.05, 4.69) is 12.2 Å². The van der Waals surface area contributed by atoms with Gasteiger partial charge >= 0.3 is 0 Å². The van der Waals surface area contributed by atoms with Crippen molar-refractivity contribution in [2.75, 3.05) is 27.3 Å². The Morgan fingerprint density at radius 2 is 1.81 bits per heavy atom. The van der Waals surface area contributed by atoms with E-state index in [-0.39, 0.29) is 16.8 Å². The quantitative estimate of drug-likeness (QED) is 0.702. The minimum absolute atomic E-state index is 0.140. The summed E-state index contributed by atoms with van der Waals surface area (Å²) in [5.41, 5.74) is 1.06. The number of nitrogens with one attached hydrogen (secondary N) is 1. The Balaban J connectivity index is 1.79. The molecule has 1 unspecified atom stereocenters.